The predicted molar refractivity (Wildman–Crippen MR) is 127 cm³/mol. The van der Waals surface area contributed by atoms with Crippen LogP contribution >= 0.6 is 11.3 Å². The van der Waals surface area contributed by atoms with Gasteiger partial charge in [0.25, 0.3) is 0 Å². The number of hydrogen-bond donors (Lipinski definition) is 4. The van der Waals surface area contributed by atoms with E-state index in [1.54, 1.807) is 32.2 Å². The van der Waals surface area contributed by atoms with E-state index < -0.39 is 40.9 Å². The highest BCUT2D eigenvalue weighted by Gasteiger charge is 2.54. The number of thiazole rings is 1. The number of halogens is 3. The lowest BCUT2D eigenvalue weighted by Gasteiger charge is -2.47. The van der Waals surface area contributed by atoms with Crippen molar-refractivity contribution >= 4 is 28.9 Å². The van der Waals surface area contributed by atoms with Gasteiger partial charge in [0.1, 0.15) is 16.3 Å². The number of carbonyl (C=O) groups is 1. The Bertz CT molecular complexity index is 1300. The van der Waals surface area contributed by atoms with Crippen LogP contribution in [0, 0.1) is 18.3 Å². The van der Waals surface area contributed by atoms with Gasteiger partial charge in [0.05, 0.1) is 16.9 Å². The summed E-state index contributed by atoms with van der Waals surface area (Å²) in [4.78, 5) is 24.0. The molecule has 0 radical (unpaired) electrons. The molecule has 4 N–H and O–H groups in total. The largest absolute Gasteiger partial charge is 0.481 e. The van der Waals surface area contributed by atoms with Gasteiger partial charge in [-0.3, -0.25) is 4.79 Å². The first-order chi connectivity index (χ1) is 16.7. The van der Waals surface area contributed by atoms with Crippen LogP contribution in [-0.2, 0) is 16.6 Å². The van der Waals surface area contributed by atoms with Gasteiger partial charge >= 0.3 is 12.1 Å². The molecule has 0 spiro atoms. The Morgan fingerprint density at radius 3 is 2.61 bits per heavy atom. The summed E-state index contributed by atoms with van der Waals surface area (Å²) in [6, 6.07) is 6.05. The summed E-state index contributed by atoms with van der Waals surface area (Å²) < 4.78 is 39.0. The second-order valence-corrected chi connectivity index (χ2v) is 10.8. The molecule has 1 saturated carbocycles. The van der Waals surface area contributed by atoms with Gasteiger partial charge in [-0.15, -0.1) is 11.3 Å². The molecule has 1 fully saturated rings. The number of aryl methyl sites for hydroxylation is 1. The summed E-state index contributed by atoms with van der Waals surface area (Å²) in [5, 5.41) is 34.7. The Balaban J connectivity index is 1.62. The molecule has 1 aliphatic rings. The fourth-order valence-electron chi connectivity index (χ4n) is 4.64. The molecule has 0 unspecified atom stereocenters. The van der Waals surface area contributed by atoms with Crippen LogP contribution < -0.4 is 5.32 Å². The van der Waals surface area contributed by atoms with Crippen LogP contribution in [0.5, 0.6) is 0 Å². The highest BCUT2D eigenvalue weighted by Crippen LogP contribution is 2.51. The Kier molecular flexibility index (Phi) is 6.56. The first-order valence-electron chi connectivity index (χ1n) is 11.1. The molecular formula is C24H25F3N4O4S. The van der Waals surface area contributed by atoms with Gasteiger partial charge in [0.2, 0.25) is 5.95 Å². The maximum atomic E-state index is 13.0. The normalized spacial score (nSPS) is 23.9. The summed E-state index contributed by atoms with van der Waals surface area (Å²) in [5.41, 5.74) is -1.61. The van der Waals surface area contributed by atoms with Crippen LogP contribution in [0.25, 0.3) is 10.4 Å². The maximum Gasteiger partial charge on any atom is 0.433 e. The minimum Gasteiger partial charge on any atom is -0.481 e. The van der Waals surface area contributed by atoms with Crippen LogP contribution in [0.3, 0.4) is 0 Å². The summed E-state index contributed by atoms with van der Waals surface area (Å²) in [5.74, 6) is -2.04. The van der Waals surface area contributed by atoms with Crippen molar-refractivity contribution in [3.05, 3.63) is 52.9 Å². The van der Waals surface area contributed by atoms with Crippen molar-refractivity contribution < 1.29 is 33.3 Å². The third kappa shape index (κ3) is 5.06. The Morgan fingerprint density at radius 1 is 1.22 bits per heavy atom. The van der Waals surface area contributed by atoms with E-state index >= 15 is 0 Å². The minimum atomic E-state index is -4.60. The molecule has 0 amide bonds. The molecule has 8 nitrogen and oxygen atoms in total. The number of aliphatic hydroxyl groups excluding tert-OH is 1. The number of anilines is 2. The standard InChI is InChI=1S/C24H25F3N4O4S/c1-12-6-13(8-14(7-12)30-21-28-5-4-17(31-21)24(25,26)27)16-10-29-20(36-16)23(35)11-22(2,3)15(19(33)34)9-18(23)32/h4-8,10,15,18,32,35H,9,11H2,1-3H3,(H,33,34)(H,28,30,31)/t15-,18-,23+/m1/s1. The Labute approximate surface area is 208 Å². The highest BCUT2D eigenvalue weighted by molar-refractivity contribution is 7.15. The zero-order valence-corrected chi connectivity index (χ0v) is 20.5. The molecule has 4 rings (SSSR count). The Hall–Kier alpha value is -3.09. The van der Waals surface area contributed by atoms with Gasteiger partial charge in [-0.2, -0.15) is 13.2 Å². The molecule has 0 aliphatic heterocycles. The lowest BCUT2D eigenvalue weighted by Crippen LogP contribution is -2.53. The molecule has 12 heteroatoms. The summed E-state index contributed by atoms with van der Waals surface area (Å²) in [6.07, 6.45) is -3.43. The smallest absolute Gasteiger partial charge is 0.433 e. The van der Waals surface area contributed by atoms with Gasteiger partial charge in [-0.1, -0.05) is 19.9 Å². The third-order valence-corrected chi connectivity index (χ3v) is 7.63. The van der Waals surface area contributed by atoms with E-state index in [4.69, 9.17) is 0 Å². The number of hydrogen-bond acceptors (Lipinski definition) is 8. The molecule has 1 aliphatic carbocycles. The molecule has 2 heterocycles. The van der Waals surface area contributed by atoms with Crippen molar-refractivity contribution in [3.8, 4) is 10.4 Å². The third-order valence-electron chi connectivity index (χ3n) is 6.42. The van der Waals surface area contributed by atoms with Crippen molar-refractivity contribution in [2.75, 3.05) is 5.32 Å². The van der Waals surface area contributed by atoms with Gasteiger partial charge in [0, 0.05) is 18.1 Å². The number of nitrogens with zero attached hydrogens (tertiary/aromatic N) is 3. The number of benzene rings is 1. The molecule has 1 aromatic carbocycles. The van der Waals surface area contributed by atoms with E-state index in [9.17, 15) is 33.3 Å². The molecule has 0 saturated heterocycles. The first kappa shape index (κ1) is 26.0. The average Bonchev–Trinajstić information content (AvgIpc) is 3.26. The van der Waals surface area contributed by atoms with E-state index in [1.807, 2.05) is 13.0 Å². The number of alkyl halides is 3. The SMILES string of the molecule is Cc1cc(Nc2nccc(C(F)(F)F)n2)cc(-c2cnc([C@]3(O)CC(C)(C)[C@@H](C(=O)O)C[C@H]3O)s2)c1. The van der Waals surface area contributed by atoms with E-state index in [0.717, 1.165) is 29.2 Å². The lowest BCUT2D eigenvalue weighted by atomic mass is 9.62. The van der Waals surface area contributed by atoms with Crippen molar-refractivity contribution in [2.45, 2.75) is 51.5 Å². The highest BCUT2D eigenvalue weighted by atomic mass is 32.1. The van der Waals surface area contributed by atoms with Gasteiger partial charge < -0.3 is 20.6 Å². The molecular weight excluding hydrogens is 497 g/mol. The van der Waals surface area contributed by atoms with Gasteiger partial charge in [-0.05, 0) is 54.5 Å². The predicted octanol–water partition coefficient (Wildman–Crippen LogP) is 4.74. The zero-order chi connectivity index (χ0) is 26.5. The van der Waals surface area contributed by atoms with E-state index in [0.29, 0.717) is 16.1 Å². The quantitative estimate of drug-likeness (QED) is 0.378. The van der Waals surface area contributed by atoms with E-state index in [2.05, 4.69) is 20.3 Å². The molecule has 0 bridgehead atoms. The topological polar surface area (TPSA) is 128 Å². The summed E-state index contributed by atoms with van der Waals surface area (Å²) in [6.45, 7) is 5.30. The number of aliphatic carboxylic acids is 1. The van der Waals surface area contributed by atoms with E-state index in [1.165, 1.54) is 0 Å². The first-order valence-corrected chi connectivity index (χ1v) is 11.9. The van der Waals surface area contributed by atoms with Crippen LogP contribution in [0.2, 0.25) is 0 Å². The number of carboxylic acid groups (broad SMARTS) is 1. The monoisotopic (exact) mass is 522 g/mol. The molecule has 3 aromatic rings. The van der Waals surface area contributed by atoms with Crippen LogP contribution in [0.4, 0.5) is 24.8 Å². The fraction of sp³-hybridized carbons (Fsp3) is 0.417. The van der Waals surface area contributed by atoms with Crippen molar-refractivity contribution in [2.24, 2.45) is 11.3 Å². The second-order valence-electron chi connectivity index (χ2n) is 9.74. The number of nitrogens with one attached hydrogen (secondary N) is 1. The summed E-state index contributed by atoms with van der Waals surface area (Å²) >= 11 is 1.16. The van der Waals surface area contributed by atoms with Crippen LogP contribution in [0.1, 0.15) is 43.0 Å². The fourth-order valence-corrected chi connectivity index (χ4v) is 5.68. The van der Waals surface area contributed by atoms with Crippen LogP contribution in [-0.4, -0.2) is 42.3 Å². The number of aliphatic hydroxyl groups is 2. The Morgan fingerprint density at radius 2 is 1.94 bits per heavy atom. The van der Waals surface area contributed by atoms with E-state index in [-0.39, 0.29) is 23.8 Å². The molecule has 2 aromatic heterocycles. The lowest BCUT2D eigenvalue weighted by molar-refractivity contribution is -0.175. The van der Waals surface area contributed by atoms with Gasteiger partial charge in [-0.25, -0.2) is 15.0 Å². The van der Waals surface area contributed by atoms with Crippen molar-refractivity contribution in [1.82, 2.24) is 15.0 Å². The van der Waals surface area contributed by atoms with Crippen molar-refractivity contribution in [3.63, 3.8) is 0 Å². The summed E-state index contributed by atoms with van der Waals surface area (Å²) in [7, 11) is 0. The number of aromatic nitrogens is 3. The number of rotatable bonds is 5. The van der Waals surface area contributed by atoms with Crippen molar-refractivity contribution in [1.29, 1.82) is 0 Å². The zero-order valence-electron chi connectivity index (χ0n) is 19.7. The minimum absolute atomic E-state index is 0.0125. The van der Waals surface area contributed by atoms with Crippen LogP contribution in [0.15, 0.2) is 36.7 Å². The number of carboxylic acids is 1. The molecule has 3 atom stereocenters. The molecule has 36 heavy (non-hydrogen) atoms. The second kappa shape index (κ2) is 9.09. The molecule has 192 valence electrons. The maximum absolute atomic E-state index is 13.0. The van der Waals surface area contributed by atoms with Gasteiger partial charge in [0.15, 0.2) is 0 Å². The average molecular weight is 523 g/mol.